The maximum atomic E-state index is 5.28. The van der Waals surface area contributed by atoms with Crippen LogP contribution in [0.15, 0.2) is 42.5 Å². The van der Waals surface area contributed by atoms with E-state index in [2.05, 4.69) is 30.1 Å². The molecule has 1 aromatic heterocycles. The molecule has 2 aromatic carbocycles. The lowest BCUT2D eigenvalue weighted by molar-refractivity contribution is 0.412. The van der Waals surface area contributed by atoms with Gasteiger partial charge in [0.1, 0.15) is 10.8 Å². The third-order valence-electron chi connectivity index (χ3n) is 2.94. The molecule has 0 saturated heterocycles. The van der Waals surface area contributed by atoms with E-state index in [9.17, 15) is 0 Å². The van der Waals surface area contributed by atoms with Gasteiger partial charge in [0.25, 0.3) is 0 Å². The summed E-state index contributed by atoms with van der Waals surface area (Å²) in [6.07, 6.45) is 0. The maximum Gasteiger partial charge on any atom is 0.124 e. The molecule has 0 aliphatic heterocycles. The summed E-state index contributed by atoms with van der Waals surface area (Å²) < 4.78 is 6.50. The summed E-state index contributed by atoms with van der Waals surface area (Å²) in [7, 11) is 1.69. The fourth-order valence-electron chi connectivity index (χ4n) is 2.01. The molecule has 90 valence electrons. The van der Waals surface area contributed by atoms with Gasteiger partial charge in [-0.15, -0.1) is 11.3 Å². The smallest absolute Gasteiger partial charge is 0.124 e. The summed E-state index contributed by atoms with van der Waals surface area (Å²) in [5.41, 5.74) is 3.34. The summed E-state index contributed by atoms with van der Waals surface area (Å²) >= 11 is 1.72. The van der Waals surface area contributed by atoms with Crippen LogP contribution in [0.2, 0.25) is 0 Å². The van der Waals surface area contributed by atoms with Crippen molar-refractivity contribution < 1.29 is 4.74 Å². The predicted molar refractivity (Wildman–Crippen MR) is 76.3 cm³/mol. The van der Waals surface area contributed by atoms with E-state index in [1.165, 1.54) is 4.70 Å². The van der Waals surface area contributed by atoms with Gasteiger partial charge in [-0.05, 0) is 42.8 Å². The van der Waals surface area contributed by atoms with Crippen LogP contribution in [-0.2, 0) is 0 Å². The maximum absolute atomic E-state index is 5.28. The van der Waals surface area contributed by atoms with Crippen molar-refractivity contribution in [2.45, 2.75) is 6.92 Å². The van der Waals surface area contributed by atoms with E-state index in [4.69, 9.17) is 4.74 Å². The van der Waals surface area contributed by atoms with Crippen molar-refractivity contribution in [3.8, 4) is 16.3 Å². The van der Waals surface area contributed by atoms with E-state index in [0.29, 0.717) is 0 Å². The average Bonchev–Trinajstić information content (AvgIpc) is 2.82. The Morgan fingerprint density at radius 3 is 2.67 bits per heavy atom. The number of hydrogen-bond donors (Lipinski definition) is 0. The number of aryl methyl sites for hydroxylation is 1. The predicted octanol–water partition coefficient (Wildman–Crippen LogP) is 4.28. The third-order valence-corrected chi connectivity index (χ3v) is 4.02. The molecule has 0 bridgehead atoms. The first-order valence-electron chi connectivity index (χ1n) is 5.78. The Balaban J connectivity index is 2.11. The molecule has 3 heteroatoms. The fourth-order valence-corrected chi connectivity index (χ4v) is 2.97. The molecule has 0 spiro atoms. The van der Waals surface area contributed by atoms with Gasteiger partial charge in [0.2, 0.25) is 0 Å². The van der Waals surface area contributed by atoms with Crippen molar-refractivity contribution in [1.82, 2.24) is 4.98 Å². The van der Waals surface area contributed by atoms with Crippen molar-refractivity contribution >= 4 is 21.6 Å². The van der Waals surface area contributed by atoms with E-state index in [1.54, 1.807) is 18.4 Å². The van der Waals surface area contributed by atoms with E-state index in [-0.39, 0.29) is 0 Å². The van der Waals surface area contributed by atoms with Crippen LogP contribution >= 0.6 is 11.3 Å². The Morgan fingerprint density at radius 1 is 1.11 bits per heavy atom. The molecule has 0 aliphatic rings. The summed E-state index contributed by atoms with van der Waals surface area (Å²) in [4.78, 5) is 4.66. The number of para-hydroxylation sites is 1. The monoisotopic (exact) mass is 255 g/mol. The van der Waals surface area contributed by atoms with Crippen LogP contribution in [0.5, 0.6) is 5.75 Å². The van der Waals surface area contributed by atoms with Crippen molar-refractivity contribution in [3.05, 3.63) is 48.0 Å². The molecule has 18 heavy (non-hydrogen) atoms. The van der Waals surface area contributed by atoms with E-state index in [0.717, 1.165) is 27.4 Å². The number of methoxy groups -OCH3 is 1. The van der Waals surface area contributed by atoms with Crippen LogP contribution in [0, 0.1) is 6.92 Å². The molecular weight excluding hydrogens is 242 g/mol. The molecular formula is C15H13NOS. The summed E-state index contributed by atoms with van der Waals surface area (Å²) in [5, 5.41) is 1.06. The minimum absolute atomic E-state index is 0.917. The SMILES string of the molecule is COc1ccc(-c2nc3ccccc3s2)cc1C. The highest BCUT2D eigenvalue weighted by molar-refractivity contribution is 7.21. The Labute approximate surface area is 110 Å². The van der Waals surface area contributed by atoms with Crippen molar-refractivity contribution in [1.29, 1.82) is 0 Å². The minimum Gasteiger partial charge on any atom is -0.496 e. The van der Waals surface area contributed by atoms with E-state index >= 15 is 0 Å². The normalized spacial score (nSPS) is 10.8. The largest absolute Gasteiger partial charge is 0.496 e. The second-order valence-corrected chi connectivity index (χ2v) is 5.20. The second kappa shape index (κ2) is 4.42. The van der Waals surface area contributed by atoms with Gasteiger partial charge in [0.15, 0.2) is 0 Å². The number of hydrogen-bond acceptors (Lipinski definition) is 3. The van der Waals surface area contributed by atoms with Gasteiger partial charge in [0, 0.05) is 5.56 Å². The number of aromatic nitrogens is 1. The molecule has 0 atom stereocenters. The van der Waals surface area contributed by atoms with E-state index in [1.807, 2.05) is 24.3 Å². The number of rotatable bonds is 2. The topological polar surface area (TPSA) is 22.1 Å². The van der Waals surface area contributed by atoms with Crippen LogP contribution in [-0.4, -0.2) is 12.1 Å². The molecule has 2 nitrogen and oxygen atoms in total. The second-order valence-electron chi connectivity index (χ2n) is 4.17. The highest BCUT2D eigenvalue weighted by Gasteiger charge is 2.07. The lowest BCUT2D eigenvalue weighted by atomic mass is 10.1. The highest BCUT2D eigenvalue weighted by atomic mass is 32.1. The summed E-state index contributed by atoms with van der Waals surface area (Å²) in [6.45, 7) is 2.05. The Bertz CT molecular complexity index is 670. The Hall–Kier alpha value is -1.87. The van der Waals surface area contributed by atoms with Crippen LogP contribution < -0.4 is 4.74 Å². The van der Waals surface area contributed by atoms with Gasteiger partial charge >= 0.3 is 0 Å². The van der Waals surface area contributed by atoms with Gasteiger partial charge in [0.05, 0.1) is 17.3 Å². The molecule has 0 aliphatic carbocycles. The van der Waals surface area contributed by atoms with Gasteiger partial charge in [-0.25, -0.2) is 4.98 Å². The summed E-state index contributed by atoms with van der Waals surface area (Å²) in [5.74, 6) is 0.917. The molecule has 0 N–H and O–H groups in total. The number of thiazole rings is 1. The Morgan fingerprint density at radius 2 is 1.94 bits per heavy atom. The zero-order valence-corrected chi connectivity index (χ0v) is 11.1. The summed E-state index contributed by atoms with van der Waals surface area (Å²) in [6, 6.07) is 14.4. The Kier molecular flexibility index (Phi) is 2.76. The van der Waals surface area contributed by atoms with Gasteiger partial charge in [-0.2, -0.15) is 0 Å². The van der Waals surface area contributed by atoms with Gasteiger partial charge < -0.3 is 4.74 Å². The first-order chi connectivity index (χ1) is 8.78. The molecule has 1 heterocycles. The zero-order chi connectivity index (χ0) is 12.5. The van der Waals surface area contributed by atoms with Gasteiger partial charge in [-0.1, -0.05) is 12.1 Å². The molecule has 0 unspecified atom stereocenters. The van der Waals surface area contributed by atoms with E-state index < -0.39 is 0 Å². The average molecular weight is 255 g/mol. The first kappa shape index (κ1) is 11.2. The number of nitrogens with zero attached hydrogens (tertiary/aromatic N) is 1. The van der Waals surface area contributed by atoms with Gasteiger partial charge in [-0.3, -0.25) is 0 Å². The van der Waals surface area contributed by atoms with Crippen molar-refractivity contribution in [2.24, 2.45) is 0 Å². The third kappa shape index (κ3) is 1.87. The molecule has 0 amide bonds. The number of benzene rings is 2. The molecule has 0 fully saturated rings. The molecule has 3 aromatic rings. The van der Waals surface area contributed by atoms with Crippen LogP contribution in [0.25, 0.3) is 20.8 Å². The number of fused-ring (bicyclic) bond motifs is 1. The zero-order valence-electron chi connectivity index (χ0n) is 10.3. The lowest BCUT2D eigenvalue weighted by Gasteiger charge is -2.05. The van der Waals surface area contributed by atoms with Crippen molar-refractivity contribution in [2.75, 3.05) is 7.11 Å². The van der Waals surface area contributed by atoms with Crippen LogP contribution in [0.4, 0.5) is 0 Å². The minimum atomic E-state index is 0.917. The fraction of sp³-hybridized carbons (Fsp3) is 0.133. The molecule has 0 saturated carbocycles. The standard InChI is InChI=1S/C15H13NOS/c1-10-9-11(7-8-13(10)17-2)15-16-12-5-3-4-6-14(12)18-15/h3-9H,1-2H3. The molecule has 3 rings (SSSR count). The quantitative estimate of drug-likeness (QED) is 0.682. The van der Waals surface area contributed by atoms with Crippen molar-refractivity contribution in [3.63, 3.8) is 0 Å². The van der Waals surface area contributed by atoms with Crippen LogP contribution in [0.3, 0.4) is 0 Å². The first-order valence-corrected chi connectivity index (χ1v) is 6.60. The number of ether oxygens (including phenoxy) is 1. The molecule has 0 radical (unpaired) electrons. The highest BCUT2D eigenvalue weighted by Crippen LogP contribution is 2.32. The van der Waals surface area contributed by atoms with Crippen LogP contribution in [0.1, 0.15) is 5.56 Å². The lowest BCUT2D eigenvalue weighted by Crippen LogP contribution is -1.87.